The van der Waals surface area contributed by atoms with Crippen molar-refractivity contribution in [3.8, 4) is 0 Å². The van der Waals surface area contributed by atoms with E-state index in [0.717, 1.165) is 11.1 Å². The molecule has 0 aliphatic rings. The number of nitrogens with one attached hydrogen (secondary N) is 1. The van der Waals surface area contributed by atoms with Gasteiger partial charge in [-0.3, -0.25) is 14.9 Å². The Morgan fingerprint density at radius 1 is 1.17 bits per heavy atom. The SMILES string of the molecule is Cc1ccc(Cl)cc1NC(=O)C(c1ccc([N+](=O)[O-])cc1)C(C)C. The lowest BCUT2D eigenvalue weighted by atomic mass is 9.87. The average molecular weight is 347 g/mol. The van der Waals surface area contributed by atoms with Gasteiger partial charge in [0.25, 0.3) is 5.69 Å². The molecular weight excluding hydrogens is 328 g/mol. The predicted molar refractivity (Wildman–Crippen MR) is 95.5 cm³/mol. The number of nitro benzene ring substituents is 1. The predicted octanol–water partition coefficient (Wildman–Crippen LogP) is 4.93. The number of rotatable bonds is 5. The monoisotopic (exact) mass is 346 g/mol. The molecule has 0 fully saturated rings. The van der Waals surface area contributed by atoms with Crippen LogP contribution >= 0.6 is 11.6 Å². The number of hydrogen-bond donors (Lipinski definition) is 1. The highest BCUT2D eigenvalue weighted by atomic mass is 35.5. The van der Waals surface area contributed by atoms with Crippen molar-refractivity contribution in [1.82, 2.24) is 0 Å². The maximum atomic E-state index is 12.7. The molecule has 0 saturated carbocycles. The Morgan fingerprint density at radius 3 is 2.33 bits per heavy atom. The first kappa shape index (κ1) is 17.9. The summed E-state index contributed by atoms with van der Waals surface area (Å²) < 4.78 is 0. The molecule has 0 aliphatic carbocycles. The minimum atomic E-state index is -0.455. The molecule has 1 atom stereocenters. The Labute approximate surface area is 145 Å². The maximum absolute atomic E-state index is 12.7. The molecule has 5 nitrogen and oxygen atoms in total. The quantitative estimate of drug-likeness (QED) is 0.616. The third-order valence-corrected chi connectivity index (χ3v) is 4.10. The van der Waals surface area contributed by atoms with Crippen LogP contribution in [0.15, 0.2) is 42.5 Å². The van der Waals surface area contributed by atoms with Gasteiger partial charge in [0.1, 0.15) is 0 Å². The number of carbonyl (C=O) groups is 1. The third kappa shape index (κ3) is 4.11. The molecule has 24 heavy (non-hydrogen) atoms. The number of benzene rings is 2. The summed E-state index contributed by atoms with van der Waals surface area (Å²) in [5.74, 6) is -0.542. The van der Waals surface area contributed by atoms with Gasteiger partial charge in [-0.25, -0.2) is 0 Å². The van der Waals surface area contributed by atoms with Crippen molar-refractivity contribution >= 4 is 28.9 Å². The second-order valence-electron chi connectivity index (χ2n) is 6.02. The molecule has 2 aromatic rings. The summed E-state index contributed by atoms with van der Waals surface area (Å²) in [4.78, 5) is 23.1. The van der Waals surface area contributed by atoms with E-state index in [4.69, 9.17) is 11.6 Å². The molecule has 0 saturated heterocycles. The summed E-state index contributed by atoms with van der Waals surface area (Å²) in [5, 5.41) is 14.2. The number of nitrogens with zero attached hydrogens (tertiary/aromatic N) is 1. The van der Waals surface area contributed by atoms with E-state index >= 15 is 0 Å². The lowest BCUT2D eigenvalue weighted by Gasteiger charge is -2.21. The summed E-state index contributed by atoms with van der Waals surface area (Å²) in [6.45, 7) is 5.77. The smallest absolute Gasteiger partial charge is 0.269 e. The highest BCUT2D eigenvalue weighted by molar-refractivity contribution is 6.31. The molecule has 0 bridgehead atoms. The van der Waals surface area contributed by atoms with Gasteiger partial charge in [-0.15, -0.1) is 0 Å². The zero-order valence-corrected chi connectivity index (χ0v) is 14.5. The van der Waals surface area contributed by atoms with Crippen LogP contribution in [0.1, 0.15) is 30.9 Å². The van der Waals surface area contributed by atoms with Gasteiger partial charge in [0, 0.05) is 22.8 Å². The molecule has 0 spiro atoms. The first-order valence-electron chi connectivity index (χ1n) is 7.61. The van der Waals surface area contributed by atoms with E-state index in [-0.39, 0.29) is 17.5 Å². The highest BCUT2D eigenvalue weighted by Gasteiger charge is 2.25. The molecule has 0 radical (unpaired) electrons. The molecule has 0 heterocycles. The van der Waals surface area contributed by atoms with Crippen LogP contribution in [0.2, 0.25) is 5.02 Å². The van der Waals surface area contributed by atoms with Gasteiger partial charge in [-0.05, 0) is 36.1 Å². The fraction of sp³-hybridized carbons (Fsp3) is 0.278. The Balaban J connectivity index is 2.28. The molecule has 2 aromatic carbocycles. The van der Waals surface area contributed by atoms with Crippen molar-refractivity contribution < 1.29 is 9.72 Å². The van der Waals surface area contributed by atoms with Gasteiger partial charge in [0.15, 0.2) is 0 Å². The topological polar surface area (TPSA) is 72.2 Å². The number of amides is 1. The molecule has 1 N–H and O–H groups in total. The molecular formula is C18H19ClN2O3. The largest absolute Gasteiger partial charge is 0.325 e. The van der Waals surface area contributed by atoms with Crippen LogP contribution in [0.5, 0.6) is 0 Å². The van der Waals surface area contributed by atoms with Crippen LogP contribution in [0, 0.1) is 23.0 Å². The summed E-state index contributed by atoms with van der Waals surface area (Å²) >= 11 is 5.99. The van der Waals surface area contributed by atoms with E-state index in [9.17, 15) is 14.9 Å². The average Bonchev–Trinajstić information content (AvgIpc) is 2.51. The Bertz CT molecular complexity index is 757. The van der Waals surface area contributed by atoms with E-state index in [2.05, 4.69) is 5.32 Å². The second kappa shape index (κ2) is 7.45. The number of non-ortho nitro benzene ring substituents is 1. The van der Waals surface area contributed by atoms with Gasteiger partial charge in [0.2, 0.25) is 5.91 Å². The third-order valence-electron chi connectivity index (χ3n) is 3.87. The number of aryl methyl sites for hydroxylation is 1. The van der Waals surface area contributed by atoms with Gasteiger partial charge < -0.3 is 5.32 Å². The van der Waals surface area contributed by atoms with Crippen molar-refractivity contribution in [2.24, 2.45) is 5.92 Å². The Hall–Kier alpha value is -2.40. The van der Waals surface area contributed by atoms with Gasteiger partial charge in [-0.2, -0.15) is 0 Å². The van der Waals surface area contributed by atoms with Gasteiger partial charge in [-0.1, -0.05) is 43.6 Å². The second-order valence-corrected chi connectivity index (χ2v) is 6.46. The molecule has 126 valence electrons. The molecule has 1 amide bonds. The molecule has 6 heteroatoms. The summed E-state index contributed by atoms with van der Waals surface area (Å²) in [6.07, 6.45) is 0. The van der Waals surface area contributed by atoms with Crippen molar-refractivity contribution in [3.05, 3.63) is 68.7 Å². The molecule has 2 rings (SSSR count). The van der Waals surface area contributed by atoms with E-state index < -0.39 is 10.8 Å². The van der Waals surface area contributed by atoms with Crippen molar-refractivity contribution in [3.63, 3.8) is 0 Å². The fourth-order valence-electron chi connectivity index (χ4n) is 2.58. The van der Waals surface area contributed by atoms with Crippen LogP contribution < -0.4 is 5.32 Å². The maximum Gasteiger partial charge on any atom is 0.269 e. The van der Waals surface area contributed by atoms with Gasteiger partial charge >= 0.3 is 0 Å². The van der Waals surface area contributed by atoms with Crippen LogP contribution in [0.25, 0.3) is 0 Å². The lowest BCUT2D eigenvalue weighted by molar-refractivity contribution is -0.384. The lowest BCUT2D eigenvalue weighted by Crippen LogP contribution is -2.25. The molecule has 0 aromatic heterocycles. The van der Waals surface area contributed by atoms with Crippen LogP contribution in [0.4, 0.5) is 11.4 Å². The first-order chi connectivity index (χ1) is 11.3. The fourth-order valence-corrected chi connectivity index (χ4v) is 2.75. The summed E-state index contributed by atoms with van der Waals surface area (Å²) in [7, 11) is 0. The number of anilines is 1. The van der Waals surface area contributed by atoms with Crippen molar-refractivity contribution in [1.29, 1.82) is 0 Å². The standard InChI is InChI=1S/C18H19ClN2O3/c1-11(2)17(13-5-8-15(9-6-13)21(23)24)18(22)20-16-10-14(19)7-4-12(16)3/h4-11,17H,1-3H3,(H,20,22). The molecule has 0 aliphatic heterocycles. The summed E-state index contributed by atoms with van der Waals surface area (Å²) in [6, 6.07) is 11.4. The van der Waals surface area contributed by atoms with E-state index in [1.165, 1.54) is 12.1 Å². The number of hydrogen-bond acceptors (Lipinski definition) is 3. The van der Waals surface area contributed by atoms with E-state index in [1.54, 1.807) is 24.3 Å². The molecule has 1 unspecified atom stereocenters. The van der Waals surface area contributed by atoms with E-state index in [0.29, 0.717) is 10.7 Å². The summed E-state index contributed by atoms with van der Waals surface area (Å²) in [5.41, 5.74) is 2.33. The van der Waals surface area contributed by atoms with Crippen molar-refractivity contribution in [2.45, 2.75) is 26.7 Å². The first-order valence-corrected chi connectivity index (χ1v) is 7.98. The van der Waals surface area contributed by atoms with E-state index in [1.807, 2.05) is 26.8 Å². The zero-order valence-electron chi connectivity index (χ0n) is 13.7. The Morgan fingerprint density at radius 2 is 1.79 bits per heavy atom. The number of carbonyl (C=O) groups excluding carboxylic acids is 1. The Kier molecular flexibility index (Phi) is 5.57. The van der Waals surface area contributed by atoms with Crippen LogP contribution in [-0.2, 0) is 4.79 Å². The number of nitro groups is 1. The van der Waals surface area contributed by atoms with Crippen molar-refractivity contribution in [2.75, 3.05) is 5.32 Å². The van der Waals surface area contributed by atoms with Gasteiger partial charge in [0.05, 0.1) is 10.8 Å². The number of halogens is 1. The normalized spacial score (nSPS) is 12.0. The minimum Gasteiger partial charge on any atom is -0.325 e. The minimum absolute atomic E-state index is 0.00681. The zero-order chi connectivity index (χ0) is 17.9. The van der Waals surface area contributed by atoms with Crippen LogP contribution in [0.3, 0.4) is 0 Å². The van der Waals surface area contributed by atoms with Crippen LogP contribution in [-0.4, -0.2) is 10.8 Å². The highest BCUT2D eigenvalue weighted by Crippen LogP contribution is 2.29.